The molecule has 1 aliphatic heterocycles. The van der Waals surface area contributed by atoms with Crippen LogP contribution in [0.4, 0.5) is 0 Å². The lowest BCUT2D eigenvalue weighted by atomic mass is 10.1. The van der Waals surface area contributed by atoms with Crippen LogP contribution in [0.15, 0.2) is 30.3 Å². The largest absolute Gasteiger partial charge is 0.394 e. The fourth-order valence-corrected chi connectivity index (χ4v) is 2.02. The van der Waals surface area contributed by atoms with Crippen LogP contribution >= 0.6 is 0 Å². The molecule has 2 rings (SSSR count). The average molecular weight is 254 g/mol. The first-order valence-electron chi connectivity index (χ1n) is 5.96. The van der Waals surface area contributed by atoms with E-state index in [1.807, 2.05) is 30.3 Å². The number of aliphatic hydroxyl groups is 3. The maximum atomic E-state index is 9.74. The van der Waals surface area contributed by atoms with E-state index < -0.39 is 31.0 Å². The summed E-state index contributed by atoms with van der Waals surface area (Å²) in [5.41, 5.74) is 0.980. The van der Waals surface area contributed by atoms with Gasteiger partial charge in [-0.3, -0.25) is 0 Å². The molecule has 1 aromatic rings. The summed E-state index contributed by atoms with van der Waals surface area (Å²) in [5.74, 6) is 0. The Balaban J connectivity index is 1.94. The van der Waals surface area contributed by atoms with Crippen molar-refractivity contribution in [2.45, 2.75) is 31.0 Å². The van der Waals surface area contributed by atoms with Gasteiger partial charge in [0.15, 0.2) is 0 Å². The molecule has 1 heterocycles. The number of hydrogen-bond donors (Lipinski definition) is 3. The van der Waals surface area contributed by atoms with Gasteiger partial charge in [0.1, 0.15) is 24.4 Å². The van der Waals surface area contributed by atoms with Gasteiger partial charge in [-0.05, 0) is 5.56 Å². The summed E-state index contributed by atoms with van der Waals surface area (Å²) < 4.78 is 10.8. The van der Waals surface area contributed by atoms with Crippen molar-refractivity contribution in [2.75, 3.05) is 13.2 Å². The lowest BCUT2D eigenvalue weighted by Gasteiger charge is -2.23. The van der Waals surface area contributed by atoms with E-state index in [0.717, 1.165) is 5.56 Å². The lowest BCUT2D eigenvalue weighted by Crippen LogP contribution is -2.42. The molecule has 1 saturated heterocycles. The highest BCUT2D eigenvalue weighted by atomic mass is 16.6. The molecule has 0 bridgehead atoms. The highest BCUT2D eigenvalue weighted by Crippen LogP contribution is 2.22. The predicted octanol–water partition coefficient (Wildman–Crippen LogP) is -0.315. The summed E-state index contributed by atoms with van der Waals surface area (Å²) in [4.78, 5) is 0. The first-order chi connectivity index (χ1) is 8.72. The van der Waals surface area contributed by atoms with Crippen molar-refractivity contribution in [1.29, 1.82) is 0 Å². The third-order valence-electron chi connectivity index (χ3n) is 3.01. The van der Waals surface area contributed by atoms with Gasteiger partial charge in [-0.1, -0.05) is 30.3 Å². The Hall–Kier alpha value is -0.980. The molecule has 1 aliphatic rings. The van der Waals surface area contributed by atoms with Crippen molar-refractivity contribution in [3.05, 3.63) is 35.9 Å². The van der Waals surface area contributed by atoms with E-state index in [2.05, 4.69) is 0 Å². The molecule has 0 aliphatic carbocycles. The van der Waals surface area contributed by atoms with Crippen molar-refractivity contribution in [3.8, 4) is 0 Å². The zero-order valence-corrected chi connectivity index (χ0v) is 9.98. The van der Waals surface area contributed by atoms with Crippen LogP contribution in [0.1, 0.15) is 5.56 Å². The van der Waals surface area contributed by atoms with Gasteiger partial charge in [0.25, 0.3) is 0 Å². The van der Waals surface area contributed by atoms with E-state index in [0.29, 0.717) is 6.61 Å². The van der Waals surface area contributed by atoms with Gasteiger partial charge in [0.05, 0.1) is 19.8 Å². The fraction of sp³-hybridized carbons (Fsp3) is 0.538. The van der Waals surface area contributed by atoms with Crippen LogP contribution in [0, 0.1) is 0 Å². The standard InChI is InChI=1S/C13H18O5/c14-6-10(15)12-13(11(16)8-18-12)17-7-9-4-2-1-3-5-9/h1-5,10-16H,6-8H2/t10-,11+,12-,13-/m0/s1. The second-order valence-corrected chi connectivity index (χ2v) is 4.38. The monoisotopic (exact) mass is 254 g/mol. The maximum absolute atomic E-state index is 9.74. The minimum atomic E-state index is -1.04. The minimum absolute atomic E-state index is 0.112. The lowest BCUT2D eigenvalue weighted by molar-refractivity contribution is -0.0981. The molecule has 0 saturated carbocycles. The van der Waals surface area contributed by atoms with Crippen LogP contribution in [0.25, 0.3) is 0 Å². The Morgan fingerprint density at radius 3 is 2.72 bits per heavy atom. The van der Waals surface area contributed by atoms with Gasteiger partial charge in [0.2, 0.25) is 0 Å². The minimum Gasteiger partial charge on any atom is -0.394 e. The summed E-state index contributed by atoms with van der Waals surface area (Å²) in [6.07, 6.45) is -3.12. The number of aliphatic hydroxyl groups excluding tert-OH is 3. The normalized spacial score (nSPS) is 29.4. The smallest absolute Gasteiger partial charge is 0.115 e. The highest BCUT2D eigenvalue weighted by molar-refractivity contribution is 5.13. The second kappa shape index (κ2) is 6.26. The Kier molecular flexibility index (Phi) is 4.68. The quantitative estimate of drug-likeness (QED) is 0.671. The molecular formula is C13H18O5. The number of rotatable bonds is 5. The van der Waals surface area contributed by atoms with Crippen molar-refractivity contribution in [1.82, 2.24) is 0 Å². The van der Waals surface area contributed by atoms with E-state index in [-0.39, 0.29) is 6.61 Å². The van der Waals surface area contributed by atoms with E-state index >= 15 is 0 Å². The van der Waals surface area contributed by atoms with Crippen molar-refractivity contribution in [3.63, 3.8) is 0 Å². The van der Waals surface area contributed by atoms with Crippen LogP contribution < -0.4 is 0 Å². The van der Waals surface area contributed by atoms with Gasteiger partial charge in [0, 0.05) is 0 Å². The van der Waals surface area contributed by atoms with Crippen LogP contribution in [-0.2, 0) is 16.1 Å². The zero-order valence-electron chi connectivity index (χ0n) is 9.98. The highest BCUT2D eigenvalue weighted by Gasteiger charge is 2.41. The Bertz CT molecular complexity index is 356. The molecule has 5 nitrogen and oxygen atoms in total. The number of ether oxygens (including phenoxy) is 2. The van der Waals surface area contributed by atoms with E-state index in [1.165, 1.54) is 0 Å². The van der Waals surface area contributed by atoms with Crippen molar-refractivity contribution < 1.29 is 24.8 Å². The molecule has 0 radical (unpaired) electrons. The maximum Gasteiger partial charge on any atom is 0.115 e. The Labute approximate surface area is 106 Å². The predicted molar refractivity (Wildman–Crippen MR) is 63.9 cm³/mol. The molecule has 1 aromatic carbocycles. The van der Waals surface area contributed by atoms with Crippen LogP contribution in [0.5, 0.6) is 0 Å². The van der Waals surface area contributed by atoms with Crippen LogP contribution in [-0.4, -0.2) is 52.9 Å². The number of hydrogen-bond acceptors (Lipinski definition) is 5. The summed E-state index contributed by atoms with van der Waals surface area (Å²) in [5, 5.41) is 28.2. The molecule has 3 N–H and O–H groups in total. The number of benzene rings is 1. The van der Waals surface area contributed by atoms with Crippen LogP contribution in [0.3, 0.4) is 0 Å². The molecule has 100 valence electrons. The van der Waals surface area contributed by atoms with Gasteiger partial charge in [-0.25, -0.2) is 0 Å². The molecular weight excluding hydrogens is 236 g/mol. The summed E-state index contributed by atoms with van der Waals surface area (Å²) in [7, 11) is 0. The third-order valence-corrected chi connectivity index (χ3v) is 3.01. The van der Waals surface area contributed by atoms with E-state index in [1.54, 1.807) is 0 Å². The topological polar surface area (TPSA) is 79.2 Å². The van der Waals surface area contributed by atoms with Crippen LogP contribution in [0.2, 0.25) is 0 Å². The Morgan fingerprint density at radius 1 is 1.33 bits per heavy atom. The molecule has 0 aromatic heterocycles. The molecule has 18 heavy (non-hydrogen) atoms. The van der Waals surface area contributed by atoms with Gasteiger partial charge < -0.3 is 24.8 Å². The summed E-state index contributed by atoms with van der Waals surface area (Å²) >= 11 is 0. The van der Waals surface area contributed by atoms with Gasteiger partial charge >= 0.3 is 0 Å². The zero-order chi connectivity index (χ0) is 13.0. The SMILES string of the molecule is OC[C@H](O)[C@@H]1OC[C@@H](O)[C@@H]1OCc1ccccc1. The van der Waals surface area contributed by atoms with Crippen molar-refractivity contribution in [2.24, 2.45) is 0 Å². The summed E-state index contributed by atoms with van der Waals surface area (Å²) in [6.45, 7) is 0.0321. The molecule has 0 amide bonds. The molecule has 4 atom stereocenters. The fourth-order valence-electron chi connectivity index (χ4n) is 2.02. The third kappa shape index (κ3) is 3.07. The molecule has 1 fully saturated rings. The van der Waals surface area contributed by atoms with Gasteiger partial charge in [-0.2, -0.15) is 0 Å². The van der Waals surface area contributed by atoms with Gasteiger partial charge in [-0.15, -0.1) is 0 Å². The first-order valence-corrected chi connectivity index (χ1v) is 5.96. The first kappa shape index (κ1) is 13.5. The molecule has 5 heteroatoms. The molecule has 0 spiro atoms. The van der Waals surface area contributed by atoms with Crippen molar-refractivity contribution >= 4 is 0 Å². The molecule has 0 unspecified atom stereocenters. The van der Waals surface area contributed by atoms with E-state index in [4.69, 9.17) is 14.6 Å². The van der Waals surface area contributed by atoms with E-state index in [9.17, 15) is 10.2 Å². The Morgan fingerprint density at radius 2 is 2.06 bits per heavy atom. The second-order valence-electron chi connectivity index (χ2n) is 4.38. The average Bonchev–Trinajstić information content (AvgIpc) is 2.78. The summed E-state index contributed by atoms with van der Waals surface area (Å²) in [6, 6.07) is 9.55.